The highest BCUT2D eigenvalue weighted by atomic mass is 32.1. The molecule has 0 saturated carbocycles. The summed E-state index contributed by atoms with van der Waals surface area (Å²) in [5.41, 5.74) is 6.87. The molecule has 6 nitrogen and oxygen atoms in total. The summed E-state index contributed by atoms with van der Waals surface area (Å²) in [5.74, 6) is -0.934. The number of carboxylic acids is 1. The maximum Gasteiger partial charge on any atom is 0.252 e. The van der Waals surface area contributed by atoms with Gasteiger partial charge in [0.2, 0.25) is 0 Å². The number of hydrogen-bond acceptors (Lipinski definition) is 5. The molecule has 0 spiro atoms. The Morgan fingerprint density at radius 2 is 1.83 bits per heavy atom. The Balaban J connectivity index is 2.34. The van der Waals surface area contributed by atoms with Gasteiger partial charge in [-0.3, -0.25) is 4.79 Å². The summed E-state index contributed by atoms with van der Waals surface area (Å²) in [6, 6.07) is 14.1. The summed E-state index contributed by atoms with van der Waals surface area (Å²) in [6.07, 6.45) is 0.309. The maximum atomic E-state index is 12.9. The fourth-order valence-corrected chi connectivity index (χ4v) is 3.09. The van der Waals surface area contributed by atoms with E-state index in [-0.39, 0.29) is 12.0 Å². The number of quaternary nitrogens is 1. The van der Waals surface area contributed by atoms with E-state index >= 15 is 0 Å². The van der Waals surface area contributed by atoms with E-state index in [1.807, 2.05) is 56.3 Å². The van der Waals surface area contributed by atoms with E-state index in [2.05, 4.69) is 29.0 Å². The van der Waals surface area contributed by atoms with Gasteiger partial charge in [0, 0.05) is 17.0 Å². The van der Waals surface area contributed by atoms with Gasteiger partial charge in [-0.2, -0.15) is 12.6 Å². The van der Waals surface area contributed by atoms with Crippen LogP contribution in [-0.4, -0.2) is 36.3 Å². The quantitative estimate of drug-likeness (QED) is 0.437. The van der Waals surface area contributed by atoms with Crippen LogP contribution in [0.2, 0.25) is 0 Å². The van der Waals surface area contributed by atoms with E-state index < -0.39 is 17.9 Å². The van der Waals surface area contributed by atoms with Gasteiger partial charge in [0.1, 0.15) is 6.04 Å². The number of rotatable bonds is 10. The van der Waals surface area contributed by atoms with Crippen molar-refractivity contribution in [1.29, 1.82) is 0 Å². The number of anilines is 1. The van der Waals surface area contributed by atoms with Crippen molar-refractivity contribution in [3.63, 3.8) is 0 Å². The van der Waals surface area contributed by atoms with Crippen molar-refractivity contribution in [1.82, 2.24) is 5.32 Å². The molecule has 0 heterocycles. The first kappa shape index (κ1) is 22.8. The predicted octanol–water partition coefficient (Wildman–Crippen LogP) is 1.20. The van der Waals surface area contributed by atoms with Crippen molar-refractivity contribution in [2.45, 2.75) is 32.4 Å². The van der Waals surface area contributed by atoms with Crippen LogP contribution in [0.3, 0.4) is 0 Å². The lowest BCUT2D eigenvalue weighted by atomic mass is 9.97. The van der Waals surface area contributed by atoms with Crippen LogP contribution >= 0.6 is 12.6 Å². The van der Waals surface area contributed by atoms with Crippen LogP contribution in [0.1, 0.15) is 30.6 Å². The van der Waals surface area contributed by atoms with Crippen LogP contribution in [0.4, 0.5) is 5.69 Å². The molecule has 5 N–H and O–H groups in total. The monoisotopic (exact) mass is 415 g/mol. The molecule has 2 aromatic rings. The van der Waals surface area contributed by atoms with Crippen LogP contribution < -0.4 is 21.5 Å². The number of carbonyl (C=O) groups excluding carboxylic acids is 2. The van der Waals surface area contributed by atoms with E-state index in [1.54, 1.807) is 6.07 Å². The molecular formula is C22H29N3O3S. The Hall–Kier alpha value is -2.51. The third-order valence-electron chi connectivity index (χ3n) is 4.50. The zero-order valence-corrected chi connectivity index (χ0v) is 17.7. The molecule has 1 amide bonds. The second kappa shape index (κ2) is 10.9. The minimum Gasteiger partial charge on any atom is -0.548 e. The van der Waals surface area contributed by atoms with Gasteiger partial charge in [-0.25, -0.2) is 0 Å². The van der Waals surface area contributed by atoms with Crippen LogP contribution in [-0.2, 0) is 4.79 Å². The Labute approximate surface area is 177 Å². The van der Waals surface area contributed by atoms with Crippen LogP contribution in [0.25, 0.3) is 11.1 Å². The minimum atomic E-state index is -1.28. The lowest BCUT2D eigenvalue weighted by molar-refractivity contribution is -0.407. The second-order valence-corrected chi connectivity index (χ2v) is 7.90. The molecule has 0 aliphatic carbocycles. The van der Waals surface area contributed by atoms with Crippen molar-refractivity contribution in [2.75, 3.05) is 17.6 Å². The minimum absolute atomic E-state index is 0.112. The van der Waals surface area contributed by atoms with Gasteiger partial charge in [-0.05, 0) is 41.7 Å². The average molecular weight is 416 g/mol. The van der Waals surface area contributed by atoms with Crippen molar-refractivity contribution in [2.24, 2.45) is 5.92 Å². The largest absolute Gasteiger partial charge is 0.548 e. The molecule has 0 bridgehead atoms. The van der Waals surface area contributed by atoms with Gasteiger partial charge in [0.15, 0.2) is 0 Å². The Bertz CT molecular complexity index is 827. The van der Waals surface area contributed by atoms with Gasteiger partial charge in [0.25, 0.3) is 5.91 Å². The Morgan fingerprint density at radius 1 is 1.14 bits per heavy atom. The molecule has 0 aliphatic heterocycles. The smallest absolute Gasteiger partial charge is 0.252 e. The number of nitrogens with one attached hydrogen (secondary N) is 2. The molecule has 2 aromatic carbocycles. The summed E-state index contributed by atoms with van der Waals surface area (Å²) in [4.78, 5) is 24.4. The van der Waals surface area contributed by atoms with Gasteiger partial charge in [-0.15, -0.1) is 0 Å². The van der Waals surface area contributed by atoms with Crippen LogP contribution in [0.15, 0.2) is 48.5 Å². The molecule has 0 aromatic heterocycles. The molecule has 0 saturated heterocycles. The molecule has 29 heavy (non-hydrogen) atoms. The van der Waals surface area contributed by atoms with E-state index in [0.717, 1.165) is 16.8 Å². The van der Waals surface area contributed by atoms with Gasteiger partial charge >= 0.3 is 0 Å². The Kier molecular flexibility index (Phi) is 8.54. The summed E-state index contributed by atoms with van der Waals surface area (Å²) in [5, 5.41) is 17.4. The highest BCUT2D eigenvalue weighted by molar-refractivity contribution is 7.80. The normalized spacial score (nSPS) is 13.0. The third-order valence-corrected chi connectivity index (χ3v) is 5.02. The van der Waals surface area contributed by atoms with E-state index in [1.165, 1.54) is 0 Å². The molecule has 2 rings (SSSR count). The number of thiol groups is 1. The summed E-state index contributed by atoms with van der Waals surface area (Å²) < 4.78 is 0. The predicted molar refractivity (Wildman–Crippen MR) is 117 cm³/mol. The number of amides is 1. The first-order valence-corrected chi connectivity index (χ1v) is 10.3. The number of carboxylic acid groups (broad SMARTS) is 1. The zero-order chi connectivity index (χ0) is 21.4. The fraction of sp³-hybridized carbons (Fsp3) is 0.364. The first-order valence-electron chi connectivity index (χ1n) is 9.70. The molecule has 0 radical (unpaired) electrons. The first-order chi connectivity index (χ1) is 13.8. The summed E-state index contributed by atoms with van der Waals surface area (Å²) >= 11 is 4.25. The topological polar surface area (TPSA) is 109 Å². The van der Waals surface area contributed by atoms with Crippen molar-refractivity contribution < 1.29 is 20.4 Å². The highest BCUT2D eigenvalue weighted by Gasteiger charge is 2.19. The molecule has 2 atom stereocenters. The Morgan fingerprint density at radius 3 is 2.41 bits per heavy atom. The molecular weight excluding hydrogens is 386 g/mol. The number of aliphatic carboxylic acids is 1. The third kappa shape index (κ3) is 6.80. The van der Waals surface area contributed by atoms with Crippen LogP contribution in [0, 0.1) is 5.92 Å². The highest BCUT2D eigenvalue weighted by Crippen LogP contribution is 2.27. The number of hydrogen-bond donors (Lipinski definition) is 4. The van der Waals surface area contributed by atoms with Crippen molar-refractivity contribution >= 4 is 30.2 Å². The van der Waals surface area contributed by atoms with Gasteiger partial charge in [0.05, 0.1) is 18.6 Å². The van der Waals surface area contributed by atoms with E-state index in [0.29, 0.717) is 24.3 Å². The SMILES string of the molecule is CC(C)C[C@H](NC(=O)c1ccc(NC[C@@H]([NH3+])CS)cc1-c1ccccc1)C(=O)[O-]. The lowest BCUT2D eigenvalue weighted by Gasteiger charge is -2.22. The fourth-order valence-electron chi connectivity index (χ4n) is 2.96. The molecule has 7 heteroatoms. The van der Waals surface area contributed by atoms with E-state index in [4.69, 9.17) is 0 Å². The second-order valence-electron chi connectivity index (χ2n) is 7.53. The van der Waals surface area contributed by atoms with Crippen molar-refractivity contribution in [3.8, 4) is 11.1 Å². The van der Waals surface area contributed by atoms with E-state index in [9.17, 15) is 14.7 Å². The maximum absolute atomic E-state index is 12.9. The standard InChI is InChI=1S/C22H29N3O3S/c1-14(2)10-20(22(27)28)25-21(26)18-9-8-17(24-12-16(23)13-29)11-19(18)15-6-4-3-5-7-15/h3-9,11,14,16,20,24,29H,10,12-13,23H2,1-2H3,(H,25,26)(H,27,28)/t16-,20+/m1/s1. The molecule has 156 valence electrons. The lowest BCUT2D eigenvalue weighted by Crippen LogP contribution is -2.64. The summed E-state index contributed by atoms with van der Waals surface area (Å²) in [6.45, 7) is 4.46. The summed E-state index contributed by atoms with van der Waals surface area (Å²) in [7, 11) is 0. The van der Waals surface area contributed by atoms with Crippen molar-refractivity contribution in [3.05, 3.63) is 54.1 Å². The molecule has 0 unspecified atom stereocenters. The van der Waals surface area contributed by atoms with Gasteiger partial charge < -0.3 is 26.3 Å². The van der Waals surface area contributed by atoms with Gasteiger partial charge in [-0.1, -0.05) is 44.2 Å². The molecule has 0 fully saturated rings. The average Bonchev–Trinajstić information content (AvgIpc) is 2.71. The number of carbonyl (C=O) groups is 2. The number of benzene rings is 2. The van der Waals surface area contributed by atoms with Crippen LogP contribution in [0.5, 0.6) is 0 Å². The zero-order valence-electron chi connectivity index (χ0n) is 16.9. The molecule has 0 aliphatic rings.